The van der Waals surface area contributed by atoms with Crippen LogP contribution in [0.1, 0.15) is 44.1 Å². The van der Waals surface area contributed by atoms with Gasteiger partial charge in [0, 0.05) is 39.4 Å². The summed E-state index contributed by atoms with van der Waals surface area (Å²) in [4.78, 5) is 10.9. The van der Waals surface area contributed by atoms with E-state index in [9.17, 15) is 0 Å². The molecule has 6 heteroatoms. The number of nitrogens with zero attached hydrogens (tertiary/aromatic N) is 3. The molecule has 1 saturated carbocycles. The summed E-state index contributed by atoms with van der Waals surface area (Å²) >= 11 is 0. The minimum absolute atomic E-state index is 0. The maximum absolute atomic E-state index is 5.90. The maximum atomic E-state index is 5.90. The van der Waals surface area contributed by atoms with Crippen LogP contribution >= 0.6 is 24.0 Å². The first kappa shape index (κ1) is 21.7. The molecule has 0 unspecified atom stereocenters. The van der Waals surface area contributed by atoms with Crippen LogP contribution in [0.25, 0.3) is 0 Å². The van der Waals surface area contributed by atoms with Crippen LogP contribution in [0.4, 0.5) is 0 Å². The molecule has 0 spiro atoms. The molecule has 2 rings (SSSR count). The Kier molecular flexibility index (Phi) is 10.5. The second kappa shape index (κ2) is 12.1. The van der Waals surface area contributed by atoms with E-state index in [4.69, 9.17) is 4.74 Å². The number of hydrogen-bond acceptors (Lipinski definition) is 3. The SMILES string of the molecule is C=CCCCN(C)C(=NC)NCc1ccc(OC2CCCC2)nc1.I. The van der Waals surface area contributed by atoms with Gasteiger partial charge in [0.05, 0.1) is 0 Å². The average Bonchev–Trinajstić information content (AvgIpc) is 3.10. The summed E-state index contributed by atoms with van der Waals surface area (Å²) in [5, 5.41) is 3.37. The van der Waals surface area contributed by atoms with Gasteiger partial charge in [-0.3, -0.25) is 4.99 Å². The minimum Gasteiger partial charge on any atom is -0.474 e. The third kappa shape index (κ3) is 7.63. The van der Waals surface area contributed by atoms with Crippen molar-refractivity contribution in [1.82, 2.24) is 15.2 Å². The summed E-state index contributed by atoms with van der Waals surface area (Å²) in [6.45, 7) is 5.42. The number of halogens is 1. The molecule has 1 aromatic heterocycles. The number of nitrogens with one attached hydrogen (secondary N) is 1. The molecular formula is C19H31IN4O. The molecule has 25 heavy (non-hydrogen) atoms. The van der Waals surface area contributed by atoms with Crippen molar-refractivity contribution in [2.75, 3.05) is 20.6 Å². The quantitative estimate of drug-likeness (QED) is 0.211. The van der Waals surface area contributed by atoms with Crippen LogP contribution in [-0.2, 0) is 6.54 Å². The van der Waals surface area contributed by atoms with E-state index < -0.39 is 0 Å². The van der Waals surface area contributed by atoms with Gasteiger partial charge in [-0.25, -0.2) is 4.98 Å². The molecule has 5 nitrogen and oxygen atoms in total. The van der Waals surface area contributed by atoms with Crippen molar-refractivity contribution < 1.29 is 4.74 Å². The van der Waals surface area contributed by atoms with E-state index in [1.807, 2.05) is 25.4 Å². The summed E-state index contributed by atoms with van der Waals surface area (Å²) in [5.41, 5.74) is 1.12. The van der Waals surface area contributed by atoms with Crippen molar-refractivity contribution >= 4 is 29.9 Å². The summed E-state index contributed by atoms with van der Waals surface area (Å²) in [6, 6.07) is 4.03. The average molecular weight is 458 g/mol. The molecule has 1 aromatic rings. The molecule has 0 saturated heterocycles. The van der Waals surface area contributed by atoms with E-state index in [1.165, 1.54) is 12.8 Å². The second-order valence-corrected chi connectivity index (χ2v) is 6.28. The Labute approximate surface area is 169 Å². The summed E-state index contributed by atoms with van der Waals surface area (Å²) in [6.07, 6.45) is 11.1. The Balaban J connectivity index is 0.00000312. The van der Waals surface area contributed by atoms with Crippen LogP contribution in [0, 0.1) is 0 Å². The fraction of sp³-hybridized carbons (Fsp3) is 0.579. The first-order valence-corrected chi connectivity index (χ1v) is 8.87. The molecule has 0 bridgehead atoms. The van der Waals surface area contributed by atoms with Gasteiger partial charge in [-0.05, 0) is 44.1 Å². The Morgan fingerprint density at radius 3 is 2.80 bits per heavy atom. The third-order valence-corrected chi connectivity index (χ3v) is 4.31. The van der Waals surface area contributed by atoms with Crippen LogP contribution < -0.4 is 10.1 Å². The van der Waals surface area contributed by atoms with E-state index >= 15 is 0 Å². The normalized spacial score (nSPS) is 14.7. The lowest BCUT2D eigenvalue weighted by Gasteiger charge is -2.21. The zero-order valence-electron chi connectivity index (χ0n) is 15.4. The lowest BCUT2D eigenvalue weighted by Crippen LogP contribution is -2.38. The number of guanidine groups is 1. The molecule has 1 heterocycles. The van der Waals surface area contributed by atoms with Crippen LogP contribution in [0.3, 0.4) is 0 Å². The van der Waals surface area contributed by atoms with E-state index in [1.54, 1.807) is 0 Å². The van der Waals surface area contributed by atoms with Crippen LogP contribution in [0.15, 0.2) is 36.0 Å². The molecule has 1 aliphatic rings. The Bertz CT molecular complexity index is 527. The first-order valence-electron chi connectivity index (χ1n) is 8.87. The molecule has 0 aliphatic heterocycles. The molecular weight excluding hydrogens is 427 g/mol. The number of aliphatic imine (C=N–C) groups is 1. The highest BCUT2D eigenvalue weighted by Gasteiger charge is 2.16. The molecule has 1 N–H and O–H groups in total. The van der Waals surface area contributed by atoms with Gasteiger partial charge in [0.2, 0.25) is 5.88 Å². The van der Waals surface area contributed by atoms with Gasteiger partial charge < -0.3 is 15.0 Å². The van der Waals surface area contributed by atoms with Gasteiger partial charge in [0.15, 0.2) is 5.96 Å². The number of hydrogen-bond donors (Lipinski definition) is 1. The van der Waals surface area contributed by atoms with Crippen molar-refractivity contribution in [2.24, 2.45) is 4.99 Å². The van der Waals surface area contributed by atoms with Gasteiger partial charge in [0.25, 0.3) is 0 Å². The molecule has 1 fully saturated rings. The van der Waals surface area contributed by atoms with Crippen molar-refractivity contribution in [3.63, 3.8) is 0 Å². The lowest BCUT2D eigenvalue weighted by atomic mass is 10.3. The van der Waals surface area contributed by atoms with E-state index in [0.717, 1.165) is 49.6 Å². The second-order valence-electron chi connectivity index (χ2n) is 6.28. The standard InChI is InChI=1S/C19H30N4O.HI/c1-4-5-8-13-23(3)19(20-2)22-15-16-11-12-18(21-14-16)24-17-9-6-7-10-17;/h4,11-12,14,17H,1,5-10,13,15H2,2-3H3,(H,20,22);1H. The number of unbranched alkanes of at least 4 members (excludes halogenated alkanes) is 1. The zero-order valence-corrected chi connectivity index (χ0v) is 17.7. The van der Waals surface area contributed by atoms with Gasteiger partial charge in [-0.2, -0.15) is 0 Å². The first-order chi connectivity index (χ1) is 11.7. The maximum Gasteiger partial charge on any atom is 0.213 e. The summed E-state index contributed by atoms with van der Waals surface area (Å²) < 4.78 is 5.90. The fourth-order valence-corrected chi connectivity index (χ4v) is 2.91. The Morgan fingerprint density at radius 2 is 2.20 bits per heavy atom. The fourth-order valence-electron chi connectivity index (χ4n) is 2.91. The van der Waals surface area contributed by atoms with Gasteiger partial charge >= 0.3 is 0 Å². The van der Waals surface area contributed by atoms with E-state index in [2.05, 4.69) is 39.9 Å². The number of pyridine rings is 1. The molecule has 1 aliphatic carbocycles. The Hall–Kier alpha value is -1.31. The molecule has 0 amide bonds. The lowest BCUT2D eigenvalue weighted by molar-refractivity contribution is 0.201. The number of aromatic nitrogens is 1. The smallest absolute Gasteiger partial charge is 0.213 e. The zero-order chi connectivity index (χ0) is 17.2. The highest BCUT2D eigenvalue weighted by Crippen LogP contribution is 2.22. The molecule has 0 aromatic carbocycles. The van der Waals surface area contributed by atoms with Gasteiger partial charge in [-0.1, -0.05) is 12.1 Å². The number of rotatable bonds is 8. The van der Waals surface area contributed by atoms with Crippen LogP contribution in [0.5, 0.6) is 5.88 Å². The van der Waals surface area contributed by atoms with E-state index in [0.29, 0.717) is 12.6 Å². The topological polar surface area (TPSA) is 49.8 Å². The van der Waals surface area contributed by atoms with Crippen LogP contribution in [0.2, 0.25) is 0 Å². The summed E-state index contributed by atoms with van der Waals surface area (Å²) in [7, 11) is 3.86. The molecule has 0 atom stereocenters. The highest BCUT2D eigenvalue weighted by molar-refractivity contribution is 14.0. The molecule has 0 radical (unpaired) electrons. The van der Waals surface area contributed by atoms with Crippen molar-refractivity contribution in [1.29, 1.82) is 0 Å². The third-order valence-electron chi connectivity index (χ3n) is 4.31. The highest BCUT2D eigenvalue weighted by atomic mass is 127. The number of allylic oxidation sites excluding steroid dienone is 1. The number of ether oxygens (including phenoxy) is 1. The predicted octanol–water partition coefficient (Wildman–Crippen LogP) is 3.99. The van der Waals surface area contributed by atoms with E-state index in [-0.39, 0.29) is 24.0 Å². The Morgan fingerprint density at radius 1 is 1.44 bits per heavy atom. The monoisotopic (exact) mass is 458 g/mol. The van der Waals surface area contributed by atoms with Crippen molar-refractivity contribution in [3.8, 4) is 5.88 Å². The summed E-state index contributed by atoms with van der Waals surface area (Å²) in [5.74, 6) is 1.63. The molecule has 140 valence electrons. The predicted molar refractivity (Wildman–Crippen MR) is 115 cm³/mol. The minimum atomic E-state index is 0. The largest absolute Gasteiger partial charge is 0.474 e. The van der Waals surface area contributed by atoms with Crippen molar-refractivity contribution in [2.45, 2.75) is 51.2 Å². The van der Waals surface area contributed by atoms with Crippen LogP contribution in [-0.4, -0.2) is 42.6 Å². The van der Waals surface area contributed by atoms with Gasteiger partial charge in [0.1, 0.15) is 6.10 Å². The van der Waals surface area contributed by atoms with Crippen molar-refractivity contribution in [3.05, 3.63) is 36.5 Å². The van der Waals surface area contributed by atoms with Gasteiger partial charge in [-0.15, -0.1) is 30.6 Å².